The summed E-state index contributed by atoms with van der Waals surface area (Å²) in [7, 11) is 0. The number of benzene rings is 1. The van der Waals surface area contributed by atoms with Crippen molar-refractivity contribution in [2.75, 3.05) is 11.9 Å². The normalized spacial score (nSPS) is 11.9. The van der Waals surface area contributed by atoms with Crippen molar-refractivity contribution >= 4 is 17.3 Å². The molecule has 4 heteroatoms. The summed E-state index contributed by atoms with van der Waals surface area (Å²) in [4.78, 5) is 3.98. The summed E-state index contributed by atoms with van der Waals surface area (Å²) in [6.07, 6.45) is 3.28. The first-order valence-corrected chi connectivity index (χ1v) is 6.18. The highest BCUT2D eigenvalue weighted by molar-refractivity contribution is 6.30. The second-order valence-electron chi connectivity index (χ2n) is 4.01. The van der Waals surface area contributed by atoms with E-state index in [0.717, 1.165) is 12.2 Å². The quantitative estimate of drug-likeness (QED) is 0.894. The van der Waals surface area contributed by atoms with Crippen molar-refractivity contribution in [3.8, 4) is 5.75 Å². The lowest BCUT2D eigenvalue weighted by atomic mass is 10.3. The third-order valence-electron chi connectivity index (χ3n) is 2.38. The van der Waals surface area contributed by atoms with Crippen LogP contribution in [0.4, 0.5) is 5.69 Å². The molecule has 94 valence electrons. The number of halogens is 1. The highest BCUT2D eigenvalue weighted by Gasteiger charge is 2.04. The minimum absolute atomic E-state index is 0.0328. The van der Waals surface area contributed by atoms with E-state index in [9.17, 15) is 0 Å². The fourth-order valence-corrected chi connectivity index (χ4v) is 1.71. The van der Waals surface area contributed by atoms with Crippen LogP contribution in [0.25, 0.3) is 0 Å². The monoisotopic (exact) mass is 262 g/mol. The first-order chi connectivity index (χ1) is 8.74. The van der Waals surface area contributed by atoms with Crippen molar-refractivity contribution < 1.29 is 4.74 Å². The predicted molar refractivity (Wildman–Crippen MR) is 74.3 cm³/mol. The van der Waals surface area contributed by atoms with Gasteiger partial charge in [-0.15, -0.1) is 0 Å². The van der Waals surface area contributed by atoms with Gasteiger partial charge in [0.15, 0.2) is 0 Å². The van der Waals surface area contributed by atoms with Crippen LogP contribution in [0, 0.1) is 0 Å². The largest absolute Gasteiger partial charge is 0.487 e. The zero-order chi connectivity index (χ0) is 12.8. The molecular weight excluding hydrogens is 248 g/mol. The lowest BCUT2D eigenvalue weighted by molar-refractivity contribution is 0.234. The molecule has 1 N–H and O–H groups in total. The number of nitrogens with one attached hydrogen (secondary N) is 1. The number of hydrogen-bond acceptors (Lipinski definition) is 3. The molecule has 0 aliphatic rings. The van der Waals surface area contributed by atoms with Crippen molar-refractivity contribution in [1.82, 2.24) is 4.98 Å². The van der Waals surface area contributed by atoms with Gasteiger partial charge in [-0.25, -0.2) is 0 Å². The molecule has 0 spiro atoms. The van der Waals surface area contributed by atoms with Gasteiger partial charge in [-0.3, -0.25) is 4.98 Å². The van der Waals surface area contributed by atoms with Crippen molar-refractivity contribution in [3.63, 3.8) is 0 Å². The minimum Gasteiger partial charge on any atom is -0.487 e. The smallest absolute Gasteiger partial charge is 0.139 e. The van der Waals surface area contributed by atoms with Gasteiger partial charge in [-0.1, -0.05) is 29.8 Å². The van der Waals surface area contributed by atoms with E-state index in [2.05, 4.69) is 10.3 Å². The number of rotatable bonds is 5. The Bertz CT molecular complexity index is 490. The first-order valence-electron chi connectivity index (χ1n) is 5.80. The van der Waals surface area contributed by atoms with Gasteiger partial charge in [0.05, 0.1) is 17.8 Å². The molecule has 0 bridgehead atoms. The summed E-state index contributed by atoms with van der Waals surface area (Å²) in [6.45, 7) is 2.72. The SMILES string of the molecule is CC(CNc1ccccc1)Oc1cncc(Cl)c1. The Morgan fingerprint density at radius 3 is 2.78 bits per heavy atom. The van der Waals surface area contributed by atoms with Crippen LogP contribution in [0.2, 0.25) is 5.02 Å². The summed E-state index contributed by atoms with van der Waals surface area (Å²) in [5, 5.41) is 3.88. The molecule has 0 saturated carbocycles. The number of ether oxygens (including phenoxy) is 1. The van der Waals surface area contributed by atoms with Crippen molar-refractivity contribution in [2.45, 2.75) is 13.0 Å². The van der Waals surface area contributed by atoms with Gasteiger partial charge in [0, 0.05) is 18.0 Å². The maximum atomic E-state index is 5.84. The van der Waals surface area contributed by atoms with Gasteiger partial charge in [0.25, 0.3) is 0 Å². The molecule has 2 rings (SSSR count). The van der Waals surface area contributed by atoms with Gasteiger partial charge < -0.3 is 10.1 Å². The molecule has 0 aliphatic heterocycles. The number of pyridine rings is 1. The Morgan fingerprint density at radius 2 is 2.06 bits per heavy atom. The number of hydrogen-bond donors (Lipinski definition) is 1. The highest BCUT2D eigenvalue weighted by atomic mass is 35.5. The molecule has 2 aromatic rings. The van der Waals surface area contributed by atoms with E-state index in [4.69, 9.17) is 16.3 Å². The number of nitrogens with zero attached hydrogens (tertiary/aromatic N) is 1. The summed E-state index contributed by atoms with van der Waals surface area (Å²) >= 11 is 5.84. The van der Waals surface area contributed by atoms with Gasteiger partial charge in [-0.2, -0.15) is 0 Å². The Morgan fingerprint density at radius 1 is 1.28 bits per heavy atom. The summed E-state index contributed by atoms with van der Waals surface area (Å²) in [6, 6.07) is 11.8. The molecule has 0 aliphatic carbocycles. The van der Waals surface area contributed by atoms with Crippen molar-refractivity contribution in [2.24, 2.45) is 0 Å². The average molecular weight is 263 g/mol. The van der Waals surface area contributed by atoms with Crippen LogP contribution in [0.15, 0.2) is 48.8 Å². The van der Waals surface area contributed by atoms with Crippen LogP contribution in [0.5, 0.6) is 5.75 Å². The summed E-state index contributed by atoms with van der Waals surface area (Å²) in [5.41, 5.74) is 1.08. The minimum atomic E-state index is 0.0328. The number of aromatic nitrogens is 1. The standard InChI is InChI=1S/C14H15ClN2O/c1-11(8-17-13-5-3-2-4-6-13)18-14-7-12(15)9-16-10-14/h2-7,9-11,17H,8H2,1H3. The molecule has 1 aromatic heterocycles. The fraction of sp³-hybridized carbons (Fsp3) is 0.214. The van der Waals surface area contributed by atoms with Crippen LogP contribution in [-0.2, 0) is 0 Å². The molecule has 1 unspecified atom stereocenters. The van der Waals surface area contributed by atoms with E-state index >= 15 is 0 Å². The third kappa shape index (κ3) is 3.93. The highest BCUT2D eigenvalue weighted by Crippen LogP contribution is 2.16. The van der Waals surface area contributed by atoms with Crippen LogP contribution < -0.4 is 10.1 Å². The van der Waals surface area contributed by atoms with E-state index in [0.29, 0.717) is 10.8 Å². The Kier molecular flexibility index (Phi) is 4.42. The first kappa shape index (κ1) is 12.7. The molecule has 3 nitrogen and oxygen atoms in total. The Labute approximate surface area is 112 Å². The second-order valence-corrected chi connectivity index (χ2v) is 4.45. The van der Waals surface area contributed by atoms with Crippen LogP contribution in [-0.4, -0.2) is 17.6 Å². The Hall–Kier alpha value is -1.74. The topological polar surface area (TPSA) is 34.1 Å². The maximum absolute atomic E-state index is 5.84. The fourth-order valence-electron chi connectivity index (χ4n) is 1.55. The van der Waals surface area contributed by atoms with Crippen molar-refractivity contribution in [3.05, 3.63) is 53.8 Å². The zero-order valence-electron chi connectivity index (χ0n) is 10.1. The third-order valence-corrected chi connectivity index (χ3v) is 2.59. The molecule has 0 saturated heterocycles. The molecule has 18 heavy (non-hydrogen) atoms. The van der Waals surface area contributed by atoms with E-state index in [-0.39, 0.29) is 6.10 Å². The van der Waals surface area contributed by atoms with Crippen LogP contribution in [0.1, 0.15) is 6.92 Å². The van der Waals surface area contributed by atoms with Crippen molar-refractivity contribution in [1.29, 1.82) is 0 Å². The zero-order valence-corrected chi connectivity index (χ0v) is 10.9. The molecular formula is C14H15ClN2O. The lowest BCUT2D eigenvalue weighted by Gasteiger charge is -2.16. The number of anilines is 1. The molecule has 1 heterocycles. The van der Waals surface area contributed by atoms with Gasteiger partial charge >= 0.3 is 0 Å². The summed E-state index contributed by atoms with van der Waals surface area (Å²) < 4.78 is 5.71. The average Bonchev–Trinajstić information content (AvgIpc) is 2.38. The van der Waals surface area contributed by atoms with E-state index in [1.807, 2.05) is 37.3 Å². The molecule has 1 aromatic carbocycles. The van der Waals surface area contributed by atoms with E-state index in [1.54, 1.807) is 18.5 Å². The summed E-state index contributed by atoms with van der Waals surface area (Å²) in [5.74, 6) is 0.685. The van der Waals surface area contributed by atoms with E-state index < -0.39 is 0 Å². The second kappa shape index (κ2) is 6.26. The molecule has 0 radical (unpaired) electrons. The van der Waals surface area contributed by atoms with Gasteiger partial charge in [0.1, 0.15) is 11.9 Å². The van der Waals surface area contributed by atoms with Crippen LogP contribution >= 0.6 is 11.6 Å². The molecule has 0 fully saturated rings. The van der Waals surface area contributed by atoms with Gasteiger partial charge in [0.2, 0.25) is 0 Å². The number of para-hydroxylation sites is 1. The maximum Gasteiger partial charge on any atom is 0.139 e. The predicted octanol–water partition coefficient (Wildman–Crippen LogP) is 3.61. The van der Waals surface area contributed by atoms with E-state index in [1.165, 1.54) is 0 Å². The van der Waals surface area contributed by atoms with Crippen LogP contribution in [0.3, 0.4) is 0 Å². The lowest BCUT2D eigenvalue weighted by Crippen LogP contribution is -2.22. The molecule has 0 amide bonds. The van der Waals surface area contributed by atoms with Gasteiger partial charge in [-0.05, 0) is 19.1 Å². The Balaban J connectivity index is 1.84. The molecule has 1 atom stereocenters.